The van der Waals surface area contributed by atoms with Gasteiger partial charge in [0.2, 0.25) is 0 Å². The van der Waals surface area contributed by atoms with Crippen molar-refractivity contribution in [3.05, 3.63) is 86.5 Å². The zero-order valence-electron chi connectivity index (χ0n) is 15.1. The molecule has 1 aliphatic heterocycles. The Labute approximate surface area is 176 Å². The fourth-order valence-corrected chi connectivity index (χ4v) is 3.22. The van der Waals surface area contributed by atoms with Crippen LogP contribution in [-0.4, -0.2) is 21.9 Å². The highest BCUT2D eigenvalue weighted by Gasteiger charge is 2.35. The maximum Gasteiger partial charge on any atom is 0.276 e. The summed E-state index contributed by atoms with van der Waals surface area (Å²) in [7, 11) is 0. The van der Waals surface area contributed by atoms with E-state index in [1.54, 1.807) is 43.3 Å². The van der Waals surface area contributed by atoms with Crippen LogP contribution in [0.2, 0.25) is 5.02 Å². The van der Waals surface area contributed by atoms with Crippen molar-refractivity contribution in [1.29, 1.82) is 0 Å². The zero-order chi connectivity index (χ0) is 21.1. The molecule has 1 fully saturated rings. The second kappa shape index (κ2) is 8.34. The highest BCUT2D eigenvalue weighted by molar-refractivity contribution is 7.80. The lowest BCUT2D eigenvalue weighted by atomic mass is 10.1. The Morgan fingerprint density at radius 2 is 1.90 bits per heavy atom. The van der Waals surface area contributed by atoms with Crippen LogP contribution in [0.25, 0.3) is 6.08 Å². The molecular weight excluding hydrogens is 414 g/mol. The van der Waals surface area contributed by atoms with Crippen molar-refractivity contribution in [2.24, 2.45) is 0 Å². The molecule has 0 saturated carbocycles. The first kappa shape index (κ1) is 20.4. The average Bonchev–Trinajstić information content (AvgIpc) is 2.67. The van der Waals surface area contributed by atoms with Gasteiger partial charge in [0, 0.05) is 11.1 Å². The number of allylic oxidation sites excluding steroid dienone is 2. The number of halogens is 1. The summed E-state index contributed by atoms with van der Waals surface area (Å²) in [5.41, 5.74) is 1.19. The van der Waals surface area contributed by atoms with Crippen molar-refractivity contribution < 1.29 is 14.5 Å². The Bertz CT molecular complexity index is 1110. The van der Waals surface area contributed by atoms with Crippen molar-refractivity contribution >= 4 is 58.2 Å². The Morgan fingerprint density at radius 1 is 1.17 bits per heavy atom. The van der Waals surface area contributed by atoms with Gasteiger partial charge in [-0.2, -0.15) is 0 Å². The molecule has 3 rings (SSSR count). The first-order valence-corrected chi connectivity index (χ1v) is 9.16. The number of carbonyl (C=O) groups excluding carboxylic acids is 2. The quantitative estimate of drug-likeness (QED) is 0.262. The van der Waals surface area contributed by atoms with E-state index >= 15 is 0 Å². The van der Waals surface area contributed by atoms with Gasteiger partial charge in [0.25, 0.3) is 17.5 Å². The topological polar surface area (TPSA) is 92.6 Å². The molecule has 1 N–H and O–H groups in total. The summed E-state index contributed by atoms with van der Waals surface area (Å²) < 4.78 is 0. The lowest BCUT2D eigenvalue weighted by Gasteiger charge is -2.30. The van der Waals surface area contributed by atoms with Crippen molar-refractivity contribution in [1.82, 2.24) is 5.32 Å². The standard InChI is InChI=1S/C20H14ClN3O4S/c1-12-15(21)9-5-11-16(12)23-19(26)14(18(25)22-20(23)29)8-4-7-13-6-2-3-10-17(13)24(27)28/h2-11H,1H3,(H,22,25,29)/b7-4+,14-8+. The summed E-state index contributed by atoms with van der Waals surface area (Å²) in [5.74, 6) is -1.26. The Hall–Kier alpha value is -3.36. The van der Waals surface area contributed by atoms with Gasteiger partial charge in [0.15, 0.2) is 5.11 Å². The molecule has 1 saturated heterocycles. The third kappa shape index (κ3) is 4.08. The lowest BCUT2D eigenvalue weighted by Crippen LogP contribution is -2.54. The molecule has 0 spiro atoms. The monoisotopic (exact) mass is 427 g/mol. The molecule has 7 nitrogen and oxygen atoms in total. The Morgan fingerprint density at radius 3 is 2.62 bits per heavy atom. The van der Waals surface area contributed by atoms with E-state index in [1.807, 2.05) is 0 Å². The van der Waals surface area contributed by atoms with E-state index in [0.717, 1.165) is 0 Å². The molecule has 9 heteroatoms. The van der Waals surface area contributed by atoms with Gasteiger partial charge in [0.1, 0.15) is 5.57 Å². The summed E-state index contributed by atoms with van der Waals surface area (Å²) in [5, 5.41) is 14.0. The molecule has 29 heavy (non-hydrogen) atoms. The SMILES string of the molecule is Cc1c(Cl)cccc1N1C(=O)/C(=C/C=C/c2ccccc2[N+](=O)[O-])C(=O)NC1=S. The smallest absolute Gasteiger partial charge is 0.276 e. The fourth-order valence-electron chi connectivity index (χ4n) is 2.78. The number of anilines is 1. The summed E-state index contributed by atoms with van der Waals surface area (Å²) in [6.07, 6.45) is 4.16. The fraction of sp³-hybridized carbons (Fsp3) is 0.0500. The molecule has 0 radical (unpaired) electrons. The lowest BCUT2D eigenvalue weighted by molar-refractivity contribution is -0.385. The molecular formula is C20H14ClN3O4S. The number of nitrogens with one attached hydrogen (secondary N) is 1. The first-order valence-electron chi connectivity index (χ1n) is 8.38. The van der Waals surface area contributed by atoms with Crippen molar-refractivity contribution in [3.8, 4) is 0 Å². The van der Waals surface area contributed by atoms with E-state index in [-0.39, 0.29) is 16.4 Å². The number of nitro benzene ring substituents is 1. The van der Waals surface area contributed by atoms with Gasteiger partial charge in [-0.05, 0) is 55.1 Å². The van der Waals surface area contributed by atoms with Crippen LogP contribution in [0.5, 0.6) is 0 Å². The summed E-state index contributed by atoms with van der Waals surface area (Å²) in [4.78, 5) is 37.0. The molecule has 146 valence electrons. The zero-order valence-corrected chi connectivity index (χ0v) is 16.7. The minimum absolute atomic E-state index is 0.0507. The van der Waals surface area contributed by atoms with Gasteiger partial charge in [-0.15, -0.1) is 0 Å². The van der Waals surface area contributed by atoms with E-state index in [0.29, 0.717) is 21.8 Å². The third-order valence-electron chi connectivity index (χ3n) is 4.25. The van der Waals surface area contributed by atoms with E-state index in [4.69, 9.17) is 23.8 Å². The van der Waals surface area contributed by atoms with Gasteiger partial charge in [-0.25, -0.2) is 0 Å². The maximum absolute atomic E-state index is 13.0. The highest BCUT2D eigenvalue weighted by Crippen LogP contribution is 2.29. The van der Waals surface area contributed by atoms with Crippen LogP contribution >= 0.6 is 23.8 Å². The number of rotatable bonds is 4. The van der Waals surface area contributed by atoms with Crippen molar-refractivity contribution in [3.63, 3.8) is 0 Å². The predicted molar refractivity (Wildman–Crippen MR) is 115 cm³/mol. The number of nitrogens with zero attached hydrogens (tertiary/aromatic N) is 2. The minimum Gasteiger partial charge on any atom is -0.298 e. The molecule has 0 bridgehead atoms. The minimum atomic E-state index is -0.650. The number of thiocarbonyl (C=S) groups is 1. The van der Waals surface area contributed by atoms with Gasteiger partial charge in [-0.3, -0.25) is 29.9 Å². The number of carbonyl (C=O) groups is 2. The largest absolute Gasteiger partial charge is 0.298 e. The van der Waals surface area contributed by atoms with Crippen LogP contribution in [0.15, 0.2) is 60.2 Å². The molecule has 2 aromatic rings. The van der Waals surface area contributed by atoms with E-state index in [1.165, 1.54) is 29.2 Å². The predicted octanol–water partition coefficient (Wildman–Crippen LogP) is 3.94. The molecule has 1 aliphatic rings. The molecule has 1 heterocycles. The number of nitro groups is 1. The molecule has 2 aromatic carbocycles. The van der Waals surface area contributed by atoms with Crippen LogP contribution in [0.3, 0.4) is 0 Å². The molecule has 0 unspecified atom stereocenters. The maximum atomic E-state index is 13.0. The van der Waals surface area contributed by atoms with Gasteiger partial charge < -0.3 is 0 Å². The van der Waals surface area contributed by atoms with Crippen LogP contribution in [-0.2, 0) is 9.59 Å². The van der Waals surface area contributed by atoms with Gasteiger partial charge >= 0.3 is 0 Å². The summed E-state index contributed by atoms with van der Waals surface area (Å²) in [6.45, 7) is 1.74. The third-order valence-corrected chi connectivity index (χ3v) is 4.95. The second-order valence-electron chi connectivity index (χ2n) is 6.04. The van der Waals surface area contributed by atoms with Crippen LogP contribution in [0.4, 0.5) is 11.4 Å². The van der Waals surface area contributed by atoms with Crippen LogP contribution in [0, 0.1) is 17.0 Å². The van der Waals surface area contributed by atoms with Gasteiger partial charge in [0.05, 0.1) is 16.2 Å². The number of benzene rings is 2. The van der Waals surface area contributed by atoms with Crippen LogP contribution < -0.4 is 10.2 Å². The number of amides is 2. The van der Waals surface area contributed by atoms with Gasteiger partial charge in [-0.1, -0.05) is 35.9 Å². The number of hydrogen-bond acceptors (Lipinski definition) is 5. The van der Waals surface area contributed by atoms with Crippen molar-refractivity contribution in [2.45, 2.75) is 6.92 Å². The average molecular weight is 428 g/mol. The van der Waals surface area contributed by atoms with E-state index in [2.05, 4.69) is 5.32 Å². The molecule has 0 aliphatic carbocycles. The second-order valence-corrected chi connectivity index (χ2v) is 6.83. The van der Waals surface area contributed by atoms with Crippen LogP contribution in [0.1, 0.15) is 11.1 Å². The summed E-state index contributed by atoms with van der Waals surface area (Å²) in [6, 6.07) is 11.2. The summed E-state index contributed by atoms with van der Waals surface area (Å²) >= 11 is 11.3. The Kier molecular flexibility index (Phi) is 5.86. The van der Waals surface area contributed by atoms with Crippen molar-refractivity contribution in [2.75, 3.05) is 4.90 Å². The molecule has 2 amide bonds. The molecule has 0 atom stereocenters. The first-order chi connectivity index (χ1) is 13.8. The highest BCUT2D eigenvalue weighted by atomic mass is 35.5. The number of hydrogen-bond donors (Lipinski definition) is 1. The normalized spacial score (nSPS) is 15.9. The Balaban J connectivity index is 1.96. The molecule has 0 aromatic heterocycles. The van der Waals surface area contributed by atoms with E-state index in [9.17, 15) is 19.7 Å². The number of para-hydroxylation sites is 1. The van der Waals surface area contributed by atoms with E-state index < -0.39 is 16.7 Å².